The summed E-state index contributed by atoms with van der Waals surface area (Å²) in [5.41, 5.74) is 0. The Hall–Kier alpha value is -0.0900. The minimum Gasteiger partial charge on any atom is -0.756 e. The first-order valence-electron chi connectivity index (χ1n) is 4.67. The second-order valence-corrected chi connectivity index (χ2v) is 4.71. The van der Waals surface area contributed by atoms with Crippen LogP contribution in [-0.2, 0) is 18.6 Å². The van der Waals surface area contributed by atoms with Crippen LogP contribution < -0.4 is 4.89 Å². The molecule has 0 amide bonds. The van der Waals surface area contributed by atoms with E-state index in [2.05, 4.69) is 9.26 Å². The van der Waals surface area contributed by atoms with Crippen molar-refractivity contribution < 1.29 is 43.7 Å². The summed E-state index contributed by atoms with van der Waals surface area (Å²) in [7, 11) is -3.75. The molecular weight excluding hydrogens is 259 g/mol. The summed E-state index contributed by atoms with van der Waals surface area (Å²) in [6, 6.07) is 0. The monoisotopic (exact) mass is 273 g/mol. The summed E-state index contributed by atoms with van der Waals surface area (Å²) >= 11 is 0. The predicted octanol–water partition coefficient (Wildman–Crippen LogP) is -3.08. The van der Waals surface area contributed by atoms with Crippen LogP contribution in [0, 0.1) is 0 Å². The number of phosphoric acid groups is 1. The van der Waals surface area contributed by atoms with E-state index in [0.717, 1.165) is 0 Å². The number of methoxy groups -OCH3 is 1. The third kappa shape index (κ3) is 3.95. The van der Waals surface area contributed by atoms with E-state index in [1.807, 2.05) is 0 Å². The van der Waals surface area contributed by atoms with Gasteiger partial charge in [0.15, 0.2) is 6.29 Å². The Morgan fingerprint density at radius 3 is 2.35 bits per heavy atom. The third-order valence-electron chi connectivity index (χ3n) is 2.30. The Morgan fingerprint density at radius 1 is 1.29 bits per heavy atom. The van der Waals surface area contributed by atoms with Gasteiger partial charge in [-0.2, -0.15) is 0 Å². The zero-order chi connectivity index (χ0) is 13.2. The fraction of sp³-hybridized carbons (Fsp3) is 1.00. The Balaban J connectivity index is 2.62. The molecule has 1 saturated heterocycles. The van der Waals surface area contributed by atoms with Gasteiger partial charge < -0.3 is 39.1 Å². The van der Waals surface area contributed by atoms with Gasteiger partial charge in [0.25, 0.3) is 7.82 Å². The Kier molecular flexibility index (Phi) is 5.02. The van der Waals surface area contributed by atoms with Gasteiger partial charge in [0, 0.05) is 7.11 Å². The van der Waals surface area contributed by atoms with Crippen LogP contribution in [0.5, 0.6) is 0 Å². The molecule has 1 aliphatic heterocycles. The van der Waals surface area contributed by atoms with Gasteiger partial charge in [-0.15, -0.1) is 0 Å². The summed E-state index contributed by atoms with van der Waals surface area (Å²) in [5, 5.41) is 28.3. The van der Waals surface area contributed by atoms with Crippen molar-refractivity contribution in [2.75, 3.05) is 13.7 Å². The number of hydrogen-bond acceptors (Lipinski definition) is 8. The first kappa shape index (κ1) is 15.0. The van der Waals surface area contributed by atoms with Crippen molar-refractivity contribution in [1.29, 1.82) is 0 Å². The minimum atomic E-state index is -4.95. The lowest BCUT2D eigenvalue weighted by Crippen LogP contribution is -2.59. The van der Waals surface area contributed by atoms with E-state index in [1.54, 1.807) is 0 Å². The van der Waals surface area contributed by atoms with E-state index < -0.39 is 45.1 Å². The SMILES string of the molecule is CO[C@H]1OC(COP(=O)([O-])O)[C@@H](O)[C@H](O)C1O. The highest BCUT2D eigenvalue weighted by Crippen LogP contribution is 2.32. The number of aliphatic hydroxyl groups excluding tert-OH is 3. The van der Waals surface area contributed by atoms with E-state index >= 15 is 0 Å². The maximum atomic E-state index is 10.4. The maximum Gasteiger partial charge on any atom is 0.265 e. The van der Waals surface area contributed by atoms with Gasteiger partial charge in [0.1, 0.15) is 24.4 Å². The van der Waals surface area contributed by atoms with Crippen molar-refractivity contribution in [2.45, 2.75) is 30.7 Å². The summed E-state index contributed by atoms with van der Waals surface area (Å²) < 4.78 is 24.0. The Bertz CT molecular complexity index is 289. The fourth-order valence-electron chi connectivity index (χ4n) is 1.42. The van der Waals surface area contributed by atoms with Crippen LogP contribution in [0.3, 0.4) is 0 Å². The summed E-state index contributed by atoms with van der Waals surface area (Å²) in [5.74, 6) is 0. The number of ether oxygens (including phenoxy) is 2. The van der Waals surface area contributed by atoms with Crippen LogP contribution >= 0.6 is 7.82 Å². The van der Waals surface area contributed by atoms with Gasteiger partial charge in [-0.1, -0.05) is 0 Å². The first-order chi connectivity index (χ1) is 7.76. The van der Waals surface area contributed by atoms with Crippen molar-refractivity contribution in [1.82, 2.24) is 0 Å². The van der Waals surface area contributed by atoms with Gasteiger partial charge in [-0.3, -0.25) is 4.57 Å². The van der Waals surface area contributed by atoms with Gasteiger partial charge >= 0.3 is 0 Å². The van der Waals surface area contributed by atoms with Gasteiger partial charge in [0.2, 0.25) is 0 Å². The molecule has 6 atom stereocenters. The second-order valence-electron chi connectivity index (χ2n) is 3.51. The highest BCUT2D eigenvalue weighted by Gasteiger charge is 2.44. The van der Waals surface area contributed by atoms with Crippen molar-refractivity contribution in [3.63, 3.8) is 0 Å². The highest BCUT2D eigenvalue weighted by atomic mass is 31.2. The van der Waals surface area contributed by atoms with Crippen LogP contribution in [0.1, 0.15) is 0 Å². The largest absolute Gasteiger partial charge is 0.756 e. The lowest BCUT2D eigenvalue weighted by molar-refractivity contribution is -0.296. The molecule has 3 unspecified atom stereocenters. The molecule has 0 spiro atoms. The van der Waals surface area contributed by atoms with Crippen LogP contribution in [0.25, 0.3) is 0 Å². The summed E-state index contributed by atoms with van der Waals surface area (Å²) in [6.07, 6.45) is -7.10. The molecule has 102 valence electrons. The number of aliphatic hydroxyl groups is 3. The summed E-state index contributed by atoms with van der Waals surface area (Å²) in [6.45, 7) is -0.706. The highest BCUT2D eigenvalue weighted by molar-refractivity contribution is 7.44. The molecule has 1 rings (SSSR count). The van der Waals surface area contributed by atoms with Gasteiger partial charge in [-0.05, 0) is 0 Å². The molecule has 0 saturated carbocycles. The van der Waals surface area contributed by atoms with Crippen molar-refractivity contribution in [3.8, 4) is 0 Å². The molecule has 10 heteroatoms. The molecular formula is C7H14O9P-. The molecule has 4 N–H and O–H groups in total. The molecule has 17 heavy (non-hydrogen) atoms. The molecule has 0 aromatic carbocycles. The third-order valence-corrected chi connectivity index (χ3v) is 2.78. The normalized spacial score (nSPS) is 42.1. The molecule has 9 nitrogen and oxygen atoms in total. The van der Waals surface area contributed by atoms with E-state index in [4.69, 9.17) is 9.63 Å². The molecule has 1 heterocycles. The number of phosphoric ester groups is 1. The minimum absolute atomic E-state index is 0.706. The fourth-order valence-corrected chi connectivity index (χ4v) is 1.75. The Morgan fingerprint density at radius 2 is 1.88 bits per heavy atom. The smallest absolute Gasteiger partial charge is 0.265 e. The lowest BCUT2D eigenvalue weighted by Gasteiger charge is -2.39. The van der Waals surface area contributed by atoms with Crippen LogP contribution in [-0.4, -0.2) is 64.6 Å². The molecule has 0 aromatic heterocycles. The standard InChI is InChI=1S/C7H15O9P/c1-14-7-6(10)5(9)4(8)3(16-7)2-15-17(11,12)13/h3-10H,2H2,1H3,(H2,11,12,13)/p-1/t3?,4-,5+,6?,7+/m1/s1. The lowest BCUT2D eigenvalue weighted by atomic mass is 9.99. The topological polar surface area (TPSA) is 149 Å². The van der Waals surface area contributed by atoms with Crippen LogP contribution in [0.15, 0.2) is 0 Å². The molecule has 0 radical (unpaired) electrons. The van der Waals surface area contributed by atoms with E-state index in [-0.39, 0.29) is 0 Å². The summed E-state index contributed by atoms with van der Waals surface area (Å²) in [4.78, 5) is 18.7. The average Bonchev–Trinajstić information content (AvgIpc) is 2.24. The van der Waals surface area contributed by atoms with Gasteiger partial charge in [-0.25, -0.2) is 0 Å². The average molecular weight is 273 g/mol. The van der Waals surface area contributed by atoms with E-state index in [1.165, 1.54) is 7.11 Å². The van der Waals surface area contributed by atoms with E-state index in [9.17, 15) is 24.8 Å². The second kappa shape index (κ2) is 5.70. The van der Waals surface area contributed by atoms with Crippen LogP contribution in [0.2, 0.25) is 0 Å². The first-order valence-corrected chi connectivity index (χ1v) is 6.16. The quantitative estimate of drug-likeness (QED) is 0.391. The Labute approximate surface area is 96.8 Å². The molecule has 1 fully saturated rings. The zero-order valence-electron chi connectivity index (χ0n) is 8.87. The van der Waals surface area contributed by atoms with Crippen LogP contribution in [0.4, 0.5) is 0 Å². The zero-order valence-corrected chi connectivity index (χ0v) is 9.77. The molecule has 0 aromatic rings. The van der Waals surface area contributed by atoms with Gasteiger partial charge in [0.05, 0.1) is 6.61 Å². The predicted molar refractivity (Wildman–Crippen MR) is 49.5 cm³/mol. The maximum absolute atomic E-state index is 10.4. The van der Waals surface area contributed by atoms with Crippen molar-refractivity contribution >= 4 is 7.82 Å². The molecule has 0 bridgehead atoms. The number of hydrogen-bond donors (Lipinski definition) is 4. The molecule has 0 aliphatic carbocycles. The van der Waals surface area contributed by atoms with Crippen molar-refractivity contribution in [3.05, 3.63) is 0 Å². The van der Waals surface area contributed by atoms with Crippen molar-refractivity contribution in [2.24, 2.45) is 0 Å². The number of rotatable bonds is 4. The van der Waals surface area contributed by atoms with E-state index in [0.29, 0.717) is 0 Å². The molecule has 1 aliphatic rings.